The predicted molar refractivity (Wildman–Crippen MR) is 138 cm³/mol. The molecule has 1 aromatic heterocycles. The summed E-state index contributed by atoms with van der Waals surface area (Å²) in [6.45, 7) is -1.70. The maximum atomic E-state index is 13.5. The van der Waals surface area contributed by atoms with Crippen molar-refractivity contribution in [1.82, 2.24) is 0 Å². The van der Waals surface area contributed by atoms with Gasteiger partial charge in [0, 0.05) is 11.6 Å². The fraction of sp³-hybridized carbons (Fsp3) is 0.444. The fourth-order valence-electron chi connectivity index (χ4n) is 5.39. The van der Waals surface area contributed by atoms with Crippen molar-refractivity contribution < 1.29 is 70.1 Å². The van der Waals surface area contributed by atoms with Crippen molar-refractivity contribution in [2.24, 2.45) is 0 Å². The lowest BCUT2D eigenvalue weighted by atomic mass is 9.85. The Morgan fingerprint density at radius 2 is 1.14 bits per heavy atom. The van der Waals surface area contributed by atoms with Crippen LogP contribution in [0.2, 0.25) is 0 Å². The summed E-state index contributed by atoms with van der Waals surface area (Å²) in [7, 11) is 0. The molecule has 11 N–H and O–H groups in total. The highest BCUT2D eigenvalue weighted by atomic mass is 16.6. The normalized spacial score (nSPS) is 33.6. The van der Waals surface area contributed by atoms with Crippen LogP contribution in [0.4, 0.5) is 0 Å². The van der Waals surface area contributed by atoms with E-state index >= 15 is 0 Å². The number of hydrogen-bond acceptors (Lipinski definition) is 15. The van der Waals surface area contributed by atoms with Crippen LogP contribution in [0, 0.1) is 0 Å². The molecule has 0 bridgehead atoms. The van der Waals surface area contributed by atoms with E-state index in [-0.39, 0.29) is 17.1 Å². The fourth-order valence-corrected chi connectivity index (χ4v) is 5.39. The molecule has 15 heteroatoms. The van der Waals surface area contributed by atoms with Crippen molar-refractivity contribution in [3.63, 3.8) is 0 Å². The zero-order chi connectivity index (χ0) is 30.6. The molecular formula is C27H30O15. The highest BCUT2D eigenvalue weighted by Gasteiger charge is 2.50. The molecule has 42 heavy (non-hydrogen) atoms. The Kier molecular flexibility index (Phi) is 8.16. The molecule has 2 aliphatic rings. The molecule has 0 aliphatic carbocycles. The van der Waals surface area contributed by atoms with Crippen LogP contribution in [0.1, 0.15) is 23.3 Å². The zero-order valence-electron chi connectivity index (χ0n) is 21.6. The van der Waals surface area contributed by atoms with Gasteiger partial charge in [-0.15, -0.1) is 0 Å². The molecule has 2 fully saturated rings. The summed E-state index contributed by atoms with van der Waals surface area (Å²) in [5, 5.41) is 114. The Morgan fingerprint density at radius 1 is 0.643 bits per heavy atom. The van der Waals surface area contributed by atoms with Crippen LogP contribution in [-0.2, 0) is 9.47 Å². The first-order valence-electron chi connectivity index (χ1n) is 12.9. The monoisotopic (exact) mass is 594 g/mol. The van der Waals surface area contributed by atoms with Crippen molar-refractivity contribution in [3.8, 4) is 28.6 Å². The quantitative estimate of drug-likeness (QED) is 0.147. The minimum atomic E-state index is -2.02. The third-order valence-electron chi connectivity index (χ3n) is 7.70. The average molecular weight is 595 g/mol. The molecule has 2 saturated heterocycles. The second kappa shape index (κ2) is 11.4. The van der Waals surface area contributed by atoms with Gasteiger partial charge in [0.1, 0.15) is 89.4 Å². The van der Waals surface area contributed by atoms with Crippen molar-refractivity contribution in [1.29, 1.82) is 0 Å². The Balaban J connectivity index is 1.82. The van der Waals surface area contributed by atoms with E-state index in [1.54, 1.807) is 0 Å². The number of hydrogen-bond donors (Lipinski definition) is 11. The van der Waals surface area contributed by atoms with Gasteiger partial charge in [-0.05, 0) is 24.3 Å². The van der Waals surface area contributed by atoms with Gasteiger partial charge in [-0.2, -0.15) is 0 Å². The molecular weight excluding hydrogens is 564 g/mol. The molecule has 0 radical (unpaired) electrons. The van der Waals surface area contributed by atoms with Crippen LogP contribution in [0.5, 0.6) is 17.2 Å². The lowest BCUT2D eigenvalue weighted by molar-refractivity contribution is -0.234. The number of ether oxygens (including phenoxy) is 2. The van der Waals surface area contributed by atoms with Gasteiger partial charge < -0.3 is 70.1 Å². The number of aliphatic hydroxyl groups excluding tert-OH is 8. The molecule has 5 rings (SSSR count). The first-order valence-corrected chi connectivity index (χ1v) is 12.9. The lowest BCUT2D eigenvalue weighted by Gasteiger charge is -2.42. The molecule has 0 spiro atoms. The molecule has 3 aromatic rings. The summed E-state index contributed by atoms with van der Waals surface area (Å²) in [5.41, 5.74) is -2.48. The summed E-state index contributed by atoms with van der Waals surface area (Å²) in [6, 6.07) is 6.37. The molecule has 2 aliphatic heterocycles. The largest absolute Gasteiger partial charge is 0.508 e. The first kappa shape index (κ1) is 30.1. The van der Waals surface area contributed by atoms with Gasteiger partial charge in [0.25, 0.3) is 0 Å². The number of fused-ring (bicyclic) bond motifs is 1. The first-order chi connectivity index (χ1) is 19.9. The van der Waals surface area contributed by atoms with Gasteiger partial charge in [-0.3, -0.25) is 4.79 Å². The minimum Gasteiger partial charge on any atom is -0.508 e. The van der Waals surface area contributed by atoms with E-state index in [0.29, 0.717) is 0 Å². The Labute approximate surface area is 235 Å². The van der Waals surface area contributed by atoms with E-state index in [2.05, 4.69) is 0 Å². The Hall–Kier alpha value is -3.35. The molecule has 228 valence electrons. The summed E-state index contributed by atoms with van der Waals surface area (Å²) in [6.07, 6.45) is -18.2. The Morgan fingerprint density at radius 3 is 1.64 bits per heavy atom. The van der Waals surface area contributed by atoms with Crippen LogP contribution < -0.4 is 5.43 Å². The molecule has 0 saturated carbocycles. The van der Waals surface area contributed by atoms with Crippen molar-refractivity contribution in [2.45, 2.75) is 61.0 Å². The topological polar surface area (TPSA) is 271 Å². The second-order valence-electron chi connectivity index (χ2n) is 10.2. The maximum Gasteiger partial charge on any atom is 0.197 e. The van der Waals surface area contributed by atoms with Crippen LogP contribution in [0.3, 0.4) is 0 Å². The van der Waals surface area contributed by atoms with Crippen LogP contribution in [-0.4, -0.2) is 118 Å². The van der Waals surface area contributed by atoms with E-state index < -0.39 is 113 Å². The van der Waals surface area contributed by atoms with Gasteiger partial charge >= 0.3 is 0 Å². The van der Waals surface area contributed by atoms with Crippen molar-refractivity contribution >= 4 is 11.0 Å². The average Bonchev–Trinajstić information content (AvgIpc) is 2.97. The zero-order valence-corrected chi connectivity index (χ0v) is 21.6. The van der Waals surface area contributed by atoms with Gasteiger partial charge in [0.2, 0.25) is 0 Å². The van der Waals surface area contributed by atoms with Gasteiger partial charge in [-0.25, -0.2) is 0 Å². The summed E-state index contributed by atoms with van der Waals surface area (Å²) >= 11 is 0. The Bertz CT molecular complexity index is 1500. The van der Waals surface area contributed by atoms with Crippen LogP contribution in [0.15, 0.2) is 39.5 Å². The van der Waals surface area contributed by atoms with E-state index in [0.717, 1.165) is 6.07 Å². The number of rotatable bonds is 5. The smallest absolute Gasteiger partial charge is 0.197 e. The summed E-state index contributed by atoms with van der Waals surface area (Å²) in [5.74, 6) is -2.20. The number of phenolic OH excluding ortho intramolecular Hbond substituents is 3. The standard InChI is InChI=1S/C27H30O15/c28-6-12-17(32)21(36)23(38)26(41-12)15-19(34)14-10(31)5-11(8-1-3-9(30)4-2-8)40-25(14)16(20(15)35)27-24(39)22(37)18(33)13(7-29)42-27/h1-5,12-13,17-18,21-24,26-30,32-39H,6-7H2/t12-,13+,17+,18-,21-,22+,23-,24+,26-,27+/m0/s1. The summed E-state index contributed by atoms with van der Waals surface area (Å²) < 4.78 is 17.0. The number of aromatic hydroxyl groups is 3. The number of aliphatic hydroxyl groups is 8. The van der Waals surface area contributed by atoms with E-state index in [9.17, 15) is 61.0 Å². The van der Waals surface area contributed by atoms with Gasteiger partial charge in [-0.1, -0.05) is 0 Å². The SMILES string of the molecule is O=c1cc(-c2ccc(O)cc2)oc2c([C@H]3O[C@H](CO)[C@H](O)[C@@H](O)[C@H]3O)c(O)c([C@@H]3O[C@@H](CO)[C@@H](O)[C@H](O)[C@@H]3O)c(O)c12. The molecule has 2 aromatic carbocycles. The molecule has 3 heterocycles. The third kappa shape index (κ3) is 4.79. The van der Waals surface area contributed by atoms with Crippen molar-refractivity contribution in [3.05, 3.63) is 51.7 Å². The highest BCUT2D eigenvalue weighted by molar-refractivity contribution is 5.92. The van der Waals surface area contributed by atoms with Crippen LogP contribution >= 0.6 is 0 Å². The van der Waals surface area contributed by atoms with E-state index in [1.165, 1.54) is 24.3 Å². The molecule has 15 nitrogen and oxygen atoms in total. The number of benzene rings is 2. The molecule has 0 unspecified atom stereocenters. The van der Waals surface area contributed by atoms with E-state index in [4.69, 9.17) is 13.9 Å². The minimum absolute atomic E-state index is 0.0941. The third-order valence-corrected chi connectivity index (χ3v) is 7.70. The molecule has 10 atom stereocenters. The van der Waals surface area contributed by atoms with Gasteiger partial charge in [0.05, 0.1) is 24.3 Å². The number of phenols is 3. The van der Waals surface area contributed by atoms with E-state index in [1.807, 2.05) is 0 Å². The molecule has 0 amide bonds. The van der Waals surface area contributed by atoms with Crippen LogP contribution in [0.25, 0.3) is 22.3 Å². The predicted octanol–water partition coefficient (Wildman–Crippen LogP) is -2.39. The lowest BCUT2D eigenvalue weighted by Crippen LogP contribution is -2.55. The second-order valence-corrected chi connectivity index (χ2v) is 10.2. The maximum absolute atomic E-state index is 13.5. The summed E-state index contributed by atoms with van der Waals surface area (Å²) in [4.78, 5) is 13.5. The van der Waals surface area contributed by atoms with Gasteiger partial charge in [0.15, 0.2) is 11.0 Å². The highest BCUT2D eigenvalue weighted by Crippen LogP contribution is 2.51. The van der Waals surface area contributed by atoms with Crippen molar-refractivity contribution in [2.75, 3.05) is 13.2 Å².